The summed E-state index contributed by atoms with van der Waals surface area (Å²) >= 11 is 1.64. The second-order valence-corrected chi connectivity index (χ2v) is 4.80. The molecule has 2 N–H and O–H groups in total. The standard InChI is InChI=1S/C13H12N2O2S/c14-12-7-6-10(8-13(12)15(16)17)9-18-11-4-2-1-3-5-11/h1-8H,9,14H2. The number of anilines is 1. The molecule has 0 bridgehead atoms. The lowest BCUT2D eigenvalue weighted by Gasteiger charge is -2.03. The molecule has 2 rings (SSSR count). The van der Waals surface area contributed by atoms with Crippen molar-refractivity contribution in [2.45, 2.75) is 10.6 Å². The van der Waals surface area contributed by atoms with Gasteiger partial charge in [-0.3, -0.25) is 10.1 Å². The molecule has 5 heteroatoms. The molecule has 2 aromatic rings. The highest BCUT2D eigenvalue weighted by molar-refractivity contribution is 7.98. The molecule has 18 heavy (non-hydrogen) atoms. The van der Waals surface area contributed by atoms with Gasteiger partial charge in [0.05, 0.1) is 4.92 Å². The van der Waals surface area contributed by atoms with E-state index < -0.39 is 4.92 Å². The van der Waals surface area contributed by atoms with Gasteiger partial charge in [0.25, 0.3) is 5.69 Å². The van der Waals surface area contributed by atoms with Gasteiger partial charge < -0.3 is 5.73 Å². The lowest BCUT2D eigenvalue weighted by atomic mass is 10.2. The van der Waals surface area contributed by atoms with Crippen LogP contribution >= 0.6 is 11.8 Å². The summed E-state index contributed by atoms with van der Waals surface area (Å²) in [5.74, 6) is 0.686. The molecule has 0 radical (unpaired) electrons. The zero-order valence-corrected chi connectivity index (χ0v) is 10.4. The van der Waals surface area contributed by atoms with E-state index in [0.29, 0.717) is 5.75 Å². The summed E-state index contributed by atoms with van der Waals surface area (Å²) in [6.45, 7) is 0. The minimum absolute atomic E-state index is 0.0267. The number of nitrogens with two attached hydrogens (primary N) is 1. The molecule has 0 aromatic heterocycles. The number of nitrogens with zero attached hydrogens (tertiary/aromatic N) is 1. The van der Waals surface area contributed by atoms with Crippen molar-refractivity contribution in [3.05, 3.63) is 64.2 Å². The first-order valence-corrected chi connectivity index (χ1v) is 6.36. The van der Waals surface area contributed by atoms with Crippen molar-refractivity contribution in [2.75, 3.05) is 5.73 Å². The number of nitro groups is 1. The van der Waals surface area contributed by atoms with Crippen LogP contribution in [0.15, 0.2) is 53.4 Å². The minimum atomic E-state index is -0.452. The Hall–Kier alpha value is -2.01. The normalized spacial score (nSPS) is 10.2. The number of nitro benzene ring substituents is 1. The first-order chi connectivity index (χ1) is 8.66. The van der Waals surface area contributed by atoms with Crippen molar-refractivity contribution in [1.82, 2.24) is 0 Å². The summed E-state index contributed by atoms with van der Waals surface area (Å²) in [4.78, 5) is 11.5. The topological polar surface area (TPSA) is 69.2 Å². The van der Waals surface area contributed by atoms with Crippen molar-refractivity contribution in [2.24, 2.45) is 0 Å². The van der Waals surface area contributed by atoms with Gasteiger partial charge in [-0.05, 0) is 23.8 Å². The summed E-state index contributed by atoms with van der Waals surface area (Å²) in [7, 11) is 0. The Bertz CT molecular complexity index is 558. The van der Waals surface area contributed by atoms with Crippen LogP contribution in [-0.2, 0) is 5.75 Å². The molecule has 0 unspecified atom stereocenters. The minimum Gasteiger partial charge on any atom is -0.393 e. The summed E-state index contributed by atoms with van der Waals surface area (Å²) in [5, 5.41) is 10.8. The Morgan fingerprint density at radius 1 is 1.17 bits per heavy atom. The van der Waals surface area contributed by atoms with Crippen LogP contribution in [0.5, 0.6) is 0 Å². The van der Waals surface area contributed by atoms with Gasteiger partial charge in [-0.25, -0.2) is 0 Å². The zero-order chi connectivity index (χ0) is 13.0. The highest BCUT2D eigenvalue weighted by Gasteiger charge is 2.11. The molecule has 0 atom stereocenters. The fraction of sp³-hybridized carbons (Fsp3) is 0.0769. The van der Waals surface area contributed by atoms with E-state index in [0.717, 1.165) is 10.5 Å². The number of hydrogen-bond donors (Lipinski definition) is 1. The third-order valence-electron chi connectivity index (χ3n) is 2.44. The molecule has 2 aromatic carbocycles. The van der Waals surface area contributed by atoms with E-state index in [1.165, 1.54) is 6.07 Å². The fourth-order valence-corrected chi connectivity index (χ4v) is 2.38. The first-order valence-electron chi connectivity index (χ1n) is 5.37. The Labute approximate surface area is 109 Å². The summed E-state index contributed by atoms with van der Waals surface area (Å²) in [6, 6.07) is 14.8. The molecule has 0 fully saturated rings. The second kappa shape index (κ2) is 5.55. The van der Waals surface area contributed by atoms with E-state index in [1.807, 2.05) is 36.4 Å². The third kappa shape index (κ3) is 3.01. The van der Waals surface area contributed by atoms with Gasteiger partial charge in [0, 0.05) is 16.7 Å². The van der Waals surface area contributed by atoms with Crippen LogP contribution in [0.2, 0.25) is 0 Å². The van der Waals surface area contributed by atoms with Crippen molar-refractivity contribution in [1.29, 1.82) is 0 Å². The maximum atomic E-state index is 10.8. The summed E-state index contributed by atoms with van der Waals surface area (Å²) < 4.78 is 0. The highest BCUT2D eigenvalue weighted by Crippen LogP contribution is 2.27. The maximum Gasteiger partial charge on any atom is 0.292 e. The molecule has 92 valence electrons. The van der Waals surface area contributed by atoms with Crippen molar-refractivity contribution in [3.63, 3.8) is 0 Å². The quantitative estimate of drug-likeness (QED) is 0.395. The average molecular weight is 260 g/mol. The van der Waals surface area contributed by atoms with Crippen LogP contribution < -0.4 is 5.73 Å². The SMILES string of the molecule is Nc1ccc(CSc2ccccc2)cc1[N+](=O)[O-]. The van der Waals surface area contributed by atoms with Crippen LogP contribution in [0, 0.1) is 10.1 Å². The van der Waals surface area contributed by atoms with Crippen LogP contribution in [0.1, 0.15) is 5.56 Å². The van der Waals surface area contributed by atoms with Gasteiger partial charge in [-0.1, -0.05) is 24.3 Å². The fourth-order valence-electron chi connectivity index (χ4n) is 1.52. The monoisotopic (exact) mass is 260 g/mol. The van der Waals surface area contributed by atoms with Gasteiger partial charge in [-0.15, -0.1) is 11.8 Å². The first kappa shape index (κ1) is 12.4. The Balaban J connectivity index is 2.11. The van der Waals surface area contributed by atoms with E-state index >= 15 is 0 Å². The molecule has 0 amide bonds. The average Bonchev–Trinajstić information content (AvgIpc) is 2.38. The maximum absolute atomic E-state index is 10.8. The highest BCUT2D eigenvalue weighted by atomic mass is 32.2. The van der Waals surface area contributed by atoms with Gasteiger partial charge in [-0.2, -0.15) is 0 Å². The molecule has 0 saturated heterocycles. The largest absolute Gasteiger partial charge is 0.393 e. The third-order valence-corrected chi connectivity index (χ3v) is 3.52. The van der Waals surface area contributed by atoms with E-state index in [2.05, 4.69) is 0 Å². The van der Waals surface area contributed by atoms with Crippen molar-refractivity contribution in [3.8, 4) is 0 Å². The molecule has 4 nitrogen and oxygen atoms in total. The van der Waals surface area contributed by atoms with Crippen molar-refractivity contribution < 1.29 is 4.92 Å². The smallest absolute Gasteiger partial charge is 0.292 e. The number of hydrogen-bond acceptors (Lipinski definition) is 4. The lowest BCUT2D eigenvalue weighted by Crippen LogP contribution is -1.96. The van der Waals surface area contributed by atoms with Gasteiger partial charge in [0.15, 0.2) is 0 Å². The summed E-state index contributed by atoms with van der Waals surface area (Å²) in [6.07, 6.45) is 0. The van der Waals surface area contributed by atoms with Crippen LogP contribution in [0.4, 0.5) is 11.4 Å². The molecule has 0 saturated carbocycles. The van der Waals surface area contributed by atoms with Crippen LogP contribution in [-0.4, -0.2) is 4.92 Å². The van der Waals surface area contributed by atoms with E-state index in [-0.39, 0.29) is 11.4 Å². The number of nitrogen functional groups attached to an aromatic ring is 1. The van der Waals surface area contributed by atoms with Crippen molar-refractivity contribution >= 4 is 23.1 Å². The number of rotatable bonds is 4. The number of benzene rings is 2. The molecular formula is C13H12N2O2S. The Morgan fingerprint density at radius 3 is 2.56 bits per heavy atom. The van der Waals surface area contributed by atoms with E-state index in [1.54, 1.807) is 17.8 Å². The molecule has 0 aliphatic heterocycles. The lowest BCUT2D eigenvalue weighted by molar-refractivity contribution is -0.383. The predicted octanol–water partition coefficient (Wildman–Crippen LogP) is 3.47. The number of thioether (sulfide) groups is 1. The Morgan fingerprint density at radius 2 is 1.89 bits per heavy atom. The van der Waals surface area contributed by atoms with Gasteiger partial charge >= 0.3 is 0 Å². The van der Waals surface area contributed by atoms with Crippen LogP contribution in [0.25, 0.3) is 0 Å². The van der Waals surface area contributed by atoms with E-state index in [4.69, 9.17) is 5.73 Å². The predicted molar refractivity (Wildman–Crippen MR) is 73.5 cm³/mol. The van der Waals surface area contributed by atoms with Crippen LogP contribution in [0.3, 0.4) is 0 Å². The molecule has 0 heterocycles. The zero-order valence-electron chi connectivity index (χ0n) is 9.58. The van der Waals surface area contributed by atoms with E-state index in [9.17, 15) is 10.1 Å². The molecule has 0 spiro atoms. The second-order valence-electron chi connectivity index (χ2n) is 3.75. The molecular weight excluding hydrogens is 248 g/mol. The van der Waals surface area contributed by atoms with Gasteiger partial charge in [0.2, 0.25) is 0 Å². The Kier molecular flexibility index (Phi) is 3.84. The summed E-state index contributed by atoms with van der Waals surface area (Å²) in [5.41, 5.74) is 6.62. The molecule has 0 aliphatic carbocycles. The molecule has 0 aliphatic rings. The van der Waals surface area contributed by atoms with Gasteiger partial charge in [0.1, 0.15) is 5.69 Å².